The van der Waals surface area contributed by atoms with Crippen LogP contribution in [0.3, 0.4) is 0 Å². The summed E-state index contributed by atoms with van der Waals surface area (Å²) in [7, 11) is 0. The van der Waals surface area contributed by atoms with E-state index in [4.69, 9.17) is 0 Å². The van der Waals surface area contributed by atoms with Crippen molar-refractivity contribution in [3.63, 3.8) is 0 Å². The molecule has 1 fully saturated rings. The fraction of sp³-hybridized carbons (Fsp3) is 0.571. The Kier molecular flexibility index (Phi) is 4.31. The molecule has 1 heterocycles. The van der Waals surface area contributed by atoms with E-state index < -0.39 is 0 Å². The van der Waals surface area contributed by atoms with Crippen molar-refractivity contribution in [3.8, 4) is 0 Å². The SMILES string of the molecule is Cc1ccc(CCC2CCCCN2)cc1[N+](=O)[O-]. The number of rotatable bonds is 4. The van der Waals surface area contributed by atoms with Gasteiger partial charge in [-0.15, -0.1) is 0 Å². The molecule has 0 aromatic heterocycles. The fourth-order valence-electron chi connectivity index (χ4n) is 2.52. The Hall–Kier alpha value is -1.42. The minimum Gasteiger partial charge on any atom is -0.314 e. The Morgan fingerprint density at radius 1 is 1.44 bits per heavy atom. The highest BCUT2D eigenvalue weighted by atomic mass is 16.6. The molecule has 0 bridgehead atoms. The van der Waals surface area contributed by atoms with Crippen LogP contribution >= 0.6 is 0 Å². The molecule has 0 radical (unpaired) electrons. The van der Waals surface area contributed by atoms with Crippen LogP contribution < -0.4 is 5.32 Å². The maximum Gasteiger partial charge on any atom is 0.272 e. The molecule has 2 rings (SSSR count). The predicted molar refractivity (Wildman–Crippen MR) is 71.8 cm³/mol. The van der Waals surface area contributed by atoms with Crippen molar-refractivity contribution < 1.29 is 4.92 Å². The predicted octanol–water partition coefficient (Wildman–Crippen LogP) is 2.98. The summed E-state index contributed by atoms with van der Waals surface area (Å²) < 4.78 is 0. The molecular formula is C14H20N2O2. The first-order chi connectivity index (χ1) is 8.66. The zero-order valence-corrected chi connectivity index (χ0v) is 10.8. The normalized spacial score (nSPS) is 19.7. The zero-order valence-electron chi connectivity index (χ0n) is 10.8. The van der Waals surface area contributed by atoms with E-state index in [1.165, 1.54) is 19.3 Å². The number of nitrogens with zero attached hydrogens (tertiary/aromatic N) is 1. The highest BCUT2D eigenvalue weighted by Gasteiger charge is 2.14. The van der Waals surface area contributed by atoms with Crippen LogP contribution in [-0.4, -0.2) is 17.5 Å². The quantitative estimate of drug-likeness (QED) is 0.658. The summed E-state index contributed by atoms with van der Waals surface area (Å²) in [5.41, 5.74) is 2.04. The number of nitro groups is 1. The highest BCUT2D eigenvalue weighted by molar-refractivity contribution is 5.42. The van der Waals surface area contributed by atoms with Crippen LogP contribution in [0.5, 0.6) is 0 Å². The minimum absolute atomic E-state index is 0.240. The fourth-order valence-corrected chi connectivity index (χ4v) is 2.52. The van der Waals surface area contributed by atoms with Crippen LogP contribution in [0.25, 0.3) is 0 Å². The molecule has 0 spiro atoms. The van der Waals surface area contributed by atoms with Gasteiger partial charge in [-0.05, 0) is 44.7 Å². The molecule has 1 saturated heterocycles. The lowest BCUT2D eigenvalue weighted by atomic mass is 9.97. The average molecular weight is 248 g/mol. The third-order valence-electron chi connectivity index (χ3n) is 3.66. The molecule has 0 amide bonds. The van der Waals surface area contributed by atoms with E-state index in [1.807, 2.05) is 12.1 Å². The van der Waals surface area contributed by atoms with E-state index in [-0.39, 0.29) is 10.6 Å². The molecular weight excluding hydrogens is 228 g/mol. The lowest BCUT2D eigenvalue weighted by Crippen LogP contribution is -2.34. The van der Waals surface area contributed by atoms with Gasteiger partial charge in [0.15, 0.2) is 0 Å². The summed E-state index contributed by atoms with van der Waals surface area (Å²) >= 11 is 0. The van der Waals surface area contributed by atoms with Crippen LogP contribution in [0.4, 0.5) is 5.69 Å². The zero-order chi connectivity index (χ0) is 13.0. The number of nitrogens with one attached hydrogen (secondary N) is 1. The molecule has 1 aliphatic heterocycles. The van der Waals surface area contributed by atoms with E-state index in [0.717, 1.165) is 30.5 Å². The van der Waals surface area contributed by atoms with Gasteiger partial charge in [0.05, 0.1) is 4.92 Å². The summed E-state index contributed by atoms with van der Waals surface area (Å²) in [6, 6.07) is 6.16. The molecule has 1 aromatic carbocycles. The first-order valence-electron chi connectivity index (χ1n) is 6.64. The third kappa shape index (κ3) is 3.29. The monoisotopic (exact) mass is 248 g/mol. The molecule has 4 nitrogen and oxygen atoms in total. The minimum atomic E-state index is -0.294. The van der Waals surface area contributed by atoms with E-state index in [9.17, 15) is 10.1 Å². The van der Waals surface area contributed by atoms with E-state index in [2.05, 4.69) is 5.32 Å². The molecule has 0 saturated carbocycles. The van der Waals surface area contributed by atoms with Crippen molar-refractivity contribution in [2.45, 2.75) is 45.1 Å². The molecule has 98 valence electrons. The Labute approximate surface area is 108 Å². The number of hydrogen-bond acceptors (Lipinski definition) is 3. The van der Waals surface area contributed by atoms with Crippen molar-refractivity contribution in [3.05, 3.63) is 39.4 Å². The van der Waals surface area contributed by atoms with Gasteiger partial charge in [-0.1, -0.05) is 18.6 Å². The molecule has 4 heteroatoms. The number of nitro benzene ring substituents is 1. The van der Waals surface area contributed by atoms with Gasteiger partial charge < -0.3 is 5.32 Å². The second-order valence-corrected chi connectivity index (χ2v) is 5.06. The average Bonchev–Trinajstić information content (AvgIpc) is 2.38. The summed E-state index contributed by atoms with van der Waals surface area (Å²) in [6.45, 7) is 2.89. The molecule has 0 aliphatic carbocycles. The lowest BCUT2D eigenvalue weighted by Gasteiger charge is -2.23. The number of hydrogen-bond donors (Lipinski definition) is 1. The highest BCUT2D eigenvalue weighted by Crippen LogP contribution is 2.21. The van der Waals surface area contributed by atoms with Crippen molar-refractivity contribution in [2.75, 3.05) is 6.54 Å². The standard InChI is InChI=1S/C14H20N2O2/c1-11-5-6-12(10-14(11)16(17)18)7-8-13-4-2-3-9-15-13/h5-6,10,13,15H,2-4,7-9H2,1H3. The van der Waals surface area contributed by atoms with Crippen molar-refractivity contribution in [2.24, 2.45) is 0 Å². The second-order valence-electron chi connectivity index (χ2n) is 5.06. The van der Waals surface area contributed by atoms with Crippen molar-refractivity contribution in [1.29, 1.82) is 0 Å². The van der Waals surface area contributed by atoms with Gasteiger partial charge in [0.25, 0.3) is 5.69 Å². The van der Waals surface area contributed by atoms with Crippen LogP contribution in [0.1, 0.15) is 36.8 Å². The largest absolute Gasteiger partial charge is 0.314 e. The molecule has 1 aliphatic rings. The van der Waals surface area contributed by atoms with Gasteiger partial charge in [-0.2, -0.15) is 0 Å². The van der Waals surface area contributed by atoms with Crippen LogP contribution in [0.2, 0.25) is 0 Å². The first-order valence-corrected chi connectivity index (χ1v) is 6.64. The number of benzene rings is 1. The number of piperidine rings is 1. The third-order valence-corrected chi connectivity index (χ3v) is 3.66. The van der Waals surface area contributed by atoms with Crippen LogP contribution in [0, 0.1) is 17.0 Å². The van der Waals surface area contributed by atoms with E-state index in [0.29, 0.717) is 6.04 Å². The molecule has 1 aromatic rings. The van der Waals surface area contributed by atoms with Crippen molar-refractivity contribution >= 4 is 5.69 Å². The van der Waals surface area contributed by atoms with Crippen LogP contribution in [0.15, 0.2) is 18.2 Å². The van der Waals surface area contributed by atoms with Crippen LogP contribution in [-0.2, 0) is 6.42 Å². The summed E-state index contributed by atoms with van der Waals surface area (Å²) in [6.07, 6.45) is 5.78. The number of aryl methyl sites for hydroxylation is 2. The van der Waals surface area contributed by atoms with Gasteiger partial charge in [-0.3, -0.25) is 10.1 Å². The maximum atomic E-state index is 10.9. The second kappa shape index (κ2) is 5.96. The van der Waals surface area contributed by atoms with E-state index >= 15 is 0 Å². The van der Waals surface area contributed by atoms with Gasteiger partial charge in [-0.25, -0.2) is 0 Å². The van der Waals surface area contributed by atoms with E-state index in [1.54, 1.807) is 13.0 Å². The molecule has 1 unspecified atom stereocenters. The van der Waals surface area contributed by atoms with Crippen molar-refractivity contribution in [1.82, 2.24) is 5.32 Å². The molecule has 18 heavy (non-hydrogen) atoms. The summed E-state index contributed by atoms with van der Waals surface area (Å²) in [5, 5.41) is 14.4. The first kappa shape index (κ1) is 13.0. The Morgan fingerprint density at radius 3 is 2.94 bits per heavy atom. The smallest absolute Gasteiger partial charge is 0.272 e. The maximum absolute atomic E-state index is 10.9. The molecule has 1 N–H and O–H groups in total. The van der Waals surface area contributed by atoms with Gasteiger partial charge in [0, 0.05) is 17.7 Å². The Bertz CT molecular complexity index is 426. The molecule has 1 atom stereocenters. The summed E-state index contributed by atoms with van der Waals surface area (Å²) in [4.78, 5) is 10.6. The summed E-state index contributed by atoms with van der Waals surface area (Å²) in [5.74, 6) is 0. The van der Waals surface area contributed by atoms with Gasteiger partial charge in [0.1, 0.15) is 0 Å². The van der Waals surface area contributed by atoms with Gasteiger partial charge in [0.2, 0.25) is 0 Å². The Balaban J connectivity index is 1.96. The lowest BCUT2D eigenvalue weighted by molar-refractivity contribution is -0.385. The van der Waals surface area contributed by atoms with Gasteiger partial charge >= 0.3 is 0 Å². The Morgan fingerprint density at radius 2 is 2.28 bits per heavy atom. The topological polar surface area (TPSA) is 55.2 Å².